The van der Waals surface area contributed by atoms with Crippen LogP contribution in [0.25, 0.3) is 0 Å². The highest BCUT2D eigenvalue weighted by Gasteiger charge is 2.36. The summed E-state index contributed by atoms with van der Waals surface area (Å²) in [4.78, 5) is 8.05. The molecular formula is C20H22N2S. The summed E-state index contributed by atoms with van der Waals surface area (Å²) in [5, 5.41) is 0. The van der Waals surface area contributed by atoms with Gasteiger partial charge in [0.2, 0.25) is 0 Å². The first-order valence-electron chi connectivity index (χ1n) is 8.74. The molecule has 23 heavy (non-hydrogen) atoms. The first-order chi connectivity index (χ1) is 11.4. The second-order valence-electron chi connectivity index (χ2n) is 7.05. The topological polar surface area (TPSA) is 6.48 Å². The van der Waals surface area contributed by atoms with E-state index in [4.69, 9.17) is 0 Å². The van der Waals surface area contributed by atoms with Gasteiger partial charge in [0.25, 0.3) is 0 Å². The van der Waals surface area contributed by atoms with Gasteiger partial charge >= 0.3 is 0 Å². The molecule has 6 rings (SSSR count). The minimum absolute atomic E-state index is 0.807. The smallest absolute Gasteiger partial charge is 0.0552 e. The number of benzene rings is 2. The van der Waals surface area contributed by atoms with E-state index < -0.39 is 0 Å². The van der Waals surface area contributed by atoms with Crippen molar-refractivity contribution in [2.75, 3.05) is 31.1 Å². The molecular weight excluding hydrogens is 300 g/mol. The third-order valence-corrected chi connectivity index (χ3v) is 6.87. The maximum atomic E-state index is 2.67. The summed E-state index contributed by atoms with van der Waals surface area (Å²) >= 11 is 1.91. The van der Waals surface area contributed by atoms with Crippen LogP contribution in [0.5, 0.6) is 0 Å². The molecule has 0 aromatic heterocycles. The fourth-order valence-electron chi connectivity index (χ4n) is 4.51. The average Bonchev–Trinajstić information content (AvgIpc) is 2.62. The van der Waals surface area contributed by atoms with Gasteiger partial charge in [-0.25, -0.2) is 0 Å². The molecule has 4 aliphatic heterocycles. The lowest BCUT2D eigenvalue weighted by atomic mass is 9.78. The predicted octanol–water partition coefficient (Wildman–Crippen LogP) is 4.63. The summed E-state index contributed by atoms with van der Waals surface area (Å²) in [6.45, 7) is 5.10. The van der Waals surface area contributed by atoms with Gasteiger partial charge < -0.3 is 9.80 Å². The maximum Gasteiger partial charge on any atom is 0.0552 e. The summed E-state index contributed by atoms with van der Waals surface area (Å²) in [6, 6.07) is 17.8. The minimum atomic E-state index is 0.807. The van der Waals surface area contributed by atoms with Gasteiger partial charge in [-0.3, -0.25) is 0 Å². The van der Waals surface area contributed by atoms with Gasteiger partial charge in [0.1, 0.15) is 0 Å². The quantitative estimate of drug-likeness (QED) is 0.796. The number of piperidine rings is 3. The summed E-state index contributed by atoms with van der Waals surface area (Å²) < 4.78 is 0. The lowest BCUT2D eigenvalue weighted by Gasteiger charge is -2.47. The molecule has 3 heteroatoms. The fraction of sp³-hybridized carbons (Fsp3) is 0.400. The largest absolute Gasteiger partial charge is 0.339 e. The van der Waals surface area contributed by atoms with Crippen LogP contribution in [0.15, 0.2) is 58.3 Å². The molecule has 0 N–H and O–H groups in total. The lowest BCUT2D eigenvalue weighted by molar-refractivity contribution is 0.0553. The number of rotatable bonds is 2. The molecule has 0 radical (unpaired) electrons. The molecule has 118 valence electrons. The lowest BCUT2D eigenvalue weighted by Crippen LogP contribution is -2.50. The molecule has 1 atom stereocenters. The van der Waals surface area contributed by atoms with E-state index in [-0.39, 0.29) is 0 Å². The van der Waals surface area contributed by atoms with Crippen LogP contribution in [-0.2, 0) is 0 Å². The van der Waals surface area contributed by atoms with Crippen LogP contribution >= 0.6 is 11.8 Å². The molecule has 3 fully saturated rings. The predicted molar refractivity (Wildman–Crippen MR) is 96.7 cm³/mol. The van der Waals surface area contributed by atoms with E-state index in [2.05, 4.69) is 58.3 Å². The molecule has 2 bridgehead atoms. The monoisotopic (exact) mass is 322 g/mol. The van der Waals surface area contributed by atoms with E-state index in [1.54, 1.807) is 0 Å². The molecule has 0 amide bonds. The van der Waals surface area contributed by atoms with E-state index in [0.717, 1.165) is 18.4 Å². The Morgan fingerprint density at radius 2 is 1.48 bits per heavy atom. The zero-order chi connectivity index (χ0) is 15.2. The van der Waals surface area contributed by atoms with Crippen molar-refractivity contribution in [1.82, 2.24) is 4.90 Å². The molecule has 4 aliphatic rings. The van der Waals surface area contributed by atoms with Crippen LogP contribution in [0.1, 0.15) is 12.8 Å². The molecule has 2 nitrogen and oxygen atoms in total. The summed E-state index contributed by atoms with van der Waals surface area (Å²) in [6.07, 6.45) is 2.80. The summed E-state index contributed by atoms with van der Waals surface area (Å²) in [5.41, 5.74) is 2.79. The van der Waals surface area contributed by atoms with Crippen molar-refractivity contribution in [2.45, 2.75) is 22.6 Å². The minimum Gasteiger partial charge on any atom is -0.339 e. The number of fused-ring (bicyclic) bond motifs is 5. The van der Waals surface area contributed by atoms with Crippen molar-refractivity contribution >= 4 is 23.1 Å². The second-order valence-corrected chi connectivity index (χ2v) is 8.13. The van der Waals surface area contributed by atoms with Crippen LogP contribution in [0.2, 0.25) is 0 Å². The molecule has 0 aliphatic carbocycles. The fourth-order valence-corrected chi connectivity index (χ4v) is 5.60. The van der Waals surface area contributed by atoms with Crippen LogP contribution in [0.4, 0.5) is 11.4 Å². The Labute approximate surface area is 142 Å². The Balaban J connectivity index is 1.52. The van der Waals surface area contributed by atoms with Gasteiger partial charge in [0.15, 0.2) is 0 Å². The van der Waals surface area contributed by atoms with Crippen molar-refractivity contribution in [3.63, 3.8) is 0 Å². The zero-order valence-corrected chi connectivity index (χ0v) is 14.1. The highest BCUT2D eigenvalue weighted by Crippen LogP contribution is 2.48. The Morgan fingerprint density at radius 3 is 2.04 bits per heavy atom. The van der Waals surface area contributed by atoms with E-state index in [1.807, 2.05) is 11.8 Å². The normalized spacial score (nSPS) is 28.3. The number of anilines is 2. The number of hydrogen-bond donors (Lipinski definition) is 0. The Kier molecular flexibility index (Phi) is 3.38. The van der Waals surface area contributed by atoms with Crippen LogP contribution in [0, 0.1) is 11.8 Å². The van der Waals surface area contributed by atoms with Gasteiger partial charge in [-0.2, -0.15) is 0 Å². The van der Waals surface area contributed by atoms with E-state index in [1.165, 1.54) is 53.6 Å². The van der Waals surface area contributed by atoms with Gasteiger partial charge in [0, 0.05) is 22.9 Å². The van der Waals surface area contributed by atoms with Crippen LogP contribution in [-0.4, -0.2) is 31.1 Å². The van der Waals surface area contributed by atoms with Crippen molar-refractivity contribution in [1.29, 1.82) is 0 Å². The molecule has 2 aromatic rings. The molecule has 4 heterocycles. The SMILES string of the molecule is c1ccc2c(c1)Sc1ccccc1N2C[C@@H]1CN2CCC1CC2. The third-order valence-electron chi connectivity index (χ3n) is 5.74. The zero-order valence-electron chi connectivity index (χ0n) is 13.3. The first-order valence-corrected chi connectivity index (χ1v) is 9.56. The van der Waals surface area contributed by atoms with Crippen molar-refractivity contribution < 1.29 is 0 Å². The number of hydrogen-bond acceptors (Lipinski definition) is 3. The van der Waals surface area contributed by atoms with Crippen LogP contribution < -0.4 is 4.90 Å². The average molecular weight is 322 g/mol. The Morgan fingerprint density at radius 1 is 0.870 bits per heavy atom. The molecule has 0 spiro atoms. The number of para-hydroxylation sites is 2. The van der Waals surface area contributed by atoms with Crippen molar-refractivity contribution in [3.05, 3.63) is 48.5 Å². The standard InChI is InChI=1S/C20H22N2S/c1-3-7-19-17(5-1)22(18-6-2-4-8-20(18)23-19)14-16-13-21-11-9-15(16)10-12-21/h1-8,15-16H,9-14H2/t16-/m0/s1. The van der Waals surface area contributed by atoms with Gasteiger partial charge in [-0.15, -0.1) is 0 Å². The summed E-state index contributed by atoms with van der Waals surface area (Å²) in [5.74, 6) is 1.73. The van der Waals surface area contributed by atoms with Gasteiger partial charge in [-0.05, 0) is 62.0 Å². The third kappa shape index (κ3) is 2.38. The van der Waals surface area contributed by atoms with E-state index in [9.17, 15) is 0 Å². The Hall–Kier alpha value is -1.45. The molecule has 0 saturated carbocycles. The molecule has 3 saturated heterocycles. The van der Waals surface area contributed by atoms with Crippen LogP contribution in [0.3, 0.4) is 0 Å². The number of nitrogens with zero attached hydrogens (tertiary/aromatic N) is 2. The van der Waals surface area contributed by atoms with Crippen molar-refractivity contribution in [2.24, 2.45) is 11.8 Å². The molecule has 2 aromatic carbocycles. The van der Waals surface area contributed by atoms with Gasteiger partial charge in [-0.1, -0.05) is 36.0 Å². The van der Waals surface area contributed by atoms with E-state index >= 15 is 0 Å². The Bertz CT molecular complexity index is 676. The highest BCUT2D eigenvalue weighted by atomic mass is 32.2. The van der Waals surface area contributed by atoms with E-state index in [0.29, 0.717) is 0 Å². The highest BCUT2D eigenvalue weighted by molar-refractivity contribution is 7.99. The van der Waals surface area contributed by atoms with Gasteiger partial charge in [0.05, 0.1) is 11.4 Å². The maximum absolute atomic E-state index is 2.67. The molecule has 0 unspecified atom stereocenters. The van der Waals surface area contributed by atoms with Crippen molar-refractivity contribution in [3.8, 4) is 0 Å². The summed E-state index contributed by atoms with van der Waals surface area (Å²) in [7, 11) is 0. The first kappa shape index (κ1) is 13.9. The second kappa shape index (κ2) is 5.57.